The second-order valence-corrected chi connectivity index (χ2v) is 6.91. The summed E-state index contributed by atoms with van der Waals surface area (Å²) in [6.45, 7) is 0. The first kappa shape index (κ1) is 18.2. The van der Waals surface area contributed by atoms with Crippen molar-refractivity contribution >= 4 is 57.1 Å². The van der Waals surface area contributed by atoms with Crippen molar-refractivity contribution in [3.05, 3.63) is 88.5 Å². The first-order valence-electron chi connectivity index (χ1n) is 8.45. The molecule has 0 unspecified atom stereocenters. The molecule has 2 N–H and O–H groups in total. The fourth-order valence-electron chi connectivity index (χ4n) is 2.81. The Morgan fingerprint density at radius 2 is 1.46 bits per heavy atom. The van der Waals surface area contributed by atoms with Crippen LogP contribution < -0.4 is 10.6 Å². The van der Waals surface area contributed by atoms with Crippen LogP contribution in [-0.2, 0) is 0 Å². The second kappa shape index (κ2) is 7.84. The van der Waals surface area contributed by atoms with E-state index in [-0.39, 0.29) is 5.69 Å². The number of anilines is 3. The summed E-state index contributed by atoms with van der Waals surface area (Å²) in [5, 5.41) is 16.3. The molecule has 0 aliphatic carbocycles. The van der Waals surface area contributed by atoms with Gasteiger partial charge in [-0.2, -0.15) is 0 Å². The van der Waals surface area contributed by atoms with Gasteiger partial charge in [0.05, 0.1) is 11.2 Å². The molecule has 0 fully saturated rings. The third kappa shape index (κ3) is 3.91. The van der Waals surface area contributed by atoms with Gasteiger partial charge >= 0.3 is 0 Å². The summed E-state index contributed by atoms with van der Waals surface area (Å²) in [4.78, 5) is 12.9. The van der Waals surface area contributed by atoms with E-state index in [1.165, 1.54) is 0 Å². The fourth-order valence-corrected chi connectivity index (χ4v) is 3.19. The second-order valence-electron chi connectivity index (χ2n) is 6.04. The molecule has 28 heavy (non-hydrogen) atoms. The Morgan fingerprint density at radius 3 is 2.21 bits per heavy atom. The quantitative estimate of drug-likeness (QED) is 0.438. The maximum atomic E-state index is 12.9. The van der Waals surface area contributed by atoms with Gasteiger partial charge in [0.1, 0.15) is 0 Å². The lowest BCUT2D eigenvalue weighted by molar-refractivity contribution is 0.102. The third-order valence-electron chi connectivity index (χ3n) is 4.06. The number of hydrogen-bond donors (Lipinski definition) is 2. The molecule has 1 heterocycles. The highest BCUT2D eigenvalue weighted by molar-refractivity contribution is 6.31. The molecule has 0 atom stereocenters. The molecular weight excluding hydrogens is 395 g/mol. The van der Waals surface area contributed by atoms with E-state index in [4.69, 9.17) is 23.2 Å². The van der Waals surface area contributed by atoms with Gasteiger partial charge in [-0.15, -0.1) is 10.2 Å². The molecule has 7 heteroatoms. The number of halogens is 2. The van der Waals surface area contributed by atoms with Gasteiger partial charge in [0.15, 0.2) is 5.69 Å². The molecule has 0 saturated heterocycles. The van der Waals surface area contributed by atoms with E-state index in [9.17, 15) is 4.79 Å². The first-order valence-corrected chi connectivity index (χ1v) is 9.21. The minimum atomic E-state index is -0.398. The summed E-state index contributed by atoms with van der Waals surface area (Å²) in [5.74, 6) is -0.398. The van der Waals surface area contributed by atoms with E-state index in [2.05, 4.69) is 20.8 Å². The first-order chi connectivity index (χ1) is 13.6. The van der Waals surface area contributed by atoms with Gasteiger partial charge in [0.25, 0.3) is 5.91 Å². The minimum Gasteiger partial charge on any atom is -0.353 e. The van der Waals surface area contributed by atoms with Crippen LogP contribution in [-0.4, -0.2) is 16.1 Å². The highest BCUT2D eigenvalue weighted by Gasteiger charge is 2.18. The predicted octanol–water partition coefficient (Wildman–Crippen LogP) is 5.93. The summed E-state index contributed by atoms with van der Waals surface area (Å²) in [5.41, 5.74) is 2.70. The molecule has 138 valence electrons. The number of amides is 1. The Bertz CT molecular complexity index is 1180. The van der Waals surface area contributed by atoms with Crippen LogP contribution in [0.1, 0.15) is 10.5 Å². The van der Waals surface area contributed by atoms with Gasteiger partial charge in [-0.1, -0.05) is 53.5 Å². The molecule has 1 amide bonds. The summed E-state index contributed by atoms with van der Waals surface area (Å²) in [7, 11) is 0. The maximum Gasteiger partial charge on any atom is 0.278 e. The van der Waals surface area contributed by atoms with Crippen LogP contribution >= 0.6 is 23.2 Å². The Morgan fingerprint density at radius 1 is 0.786 bits per heavy atom. The lowest BCUT2D eigenvalue weighted by atomic mass is 10.1. The Hall–Kier alpha value is -3.15. The zero-order chi connectivity index (χ0) is 19.5. The molecule has 0 aliphatic heterocycles. The van der Waals surface area contributed by atoms with Gasteiger partial charge in [-0.05, 0) is 42.5 Å². The predicted molar refractivity (Wildman–Crippen MR) is 114 cm³/mol. The number of fused-ring (bicyclic) bond motifs is 1. The van der Waals surface area contributed by atoms with Gasteiger partial charge < -0.3 is 10.6 Å². The summed E-state index contributed by atoms with van der Waals surface area (Å²) < 4.78 is 0. The maximum absolute atomic E-state index is 12.9. The van der Waals surface area contributed by atoms with E-state index >= 15 is 0 Å². The standard InChI is InChI=1S/C21H14Cl2N4O/c22-13-5-3-7-15(11-13)24-19-17-9-1-2-10-18(17)26-27-20(19)21(28)25-16-8-4-6-14(23)12-16/h1-12H,(H,24,26)(H,25,28). The van der Waals surface area contributed by atoms with Crippen molar-refractivity contribution < 1.29 is 4.79 Å². The molecule has 0 bridgehead atoms. The van der Waals surface area contributed by atoms with Crippen molar-refractivity contribution in [3.8, 4) is 0 Å². The van der Waals surface area contributed by atoms with Crippen LogP contribution in [0.2, 0.25) is 10.0 Å². The van der Waals surface area contributed by atoms with E-state index in [1.807, 2.05) is 36.4 Å². The molecule has 0 spiro atoms. The number of nitrogens with zero attached hydrogens (tertiary/aromatic N) is 2. The fraction of sp³-hybridized carbons (Fsp3) is 0. The molecule has 0 aliphatic rings. The van der Waals surface area contributed by atoms with Crippen LogP contribution in [0.3, 0.4) is 0 Å². The summed E-state index contributed by atoms with van der Waals surface area (Å²) >= 11 is 12.1. The van der Waals surface area contributed by atoms with Crippen LogP contribution in [0.5, 0.6) is 0 Å². The van der Waals surface area contributed by atoms with Crippen LogP contribution in [0, 0.1) is 0 Å². The lowest BCUT2D eigenvalue weighted by Crippen LogP contribution is -2.17. The van der Waals surface area contributed by atoms with E-state index in [0.29, 0.717) is 26.9 Å². The zero-order valence-electron chi connectivity index (χ0n) is 14.5. The van der Waals surface area contributed by atoms with E-state index in [0.717, 1.165) is 11.1 Å². The topological polar surface area (TPSA) is 66.9 Å². The van der Waals surface area contributed by atoms with Crippen molar-refractivity contribution in [2.45, 2.75) is 0 Å². The number of carbonyl (C=O) groups is 1. The van der Waals surface area contributed by atoms with Gasteiger partial charge in [0, 0.05) is 26.8 Å². The number of carbonyl (C=O) groups excluding carboxylic acids is 1. The van der Waals surface area contributed by atoms with Crippen LogP contribution in [0.4, 0.5) is 17.1 Å². The van der Waals surface area contributed by atoms with Crippen molar-refractivity contribution in [1.29, 1.82) is 0 Å². The molecule has 3 aromatic carbocycles. The number of benzene rings is 3. The van der Waals surface area contributed by atoms with Gasteiger partial charge in [0.2, 0.25) is 0 Å². The van der Waals surface area contributed by atoms with E-state index < -0.39 is 5.91 Å². The Kier molecular flexibility index (Phi) is 5.10. The number of aromatic nitrogens is 2. The van der Waals surface area contributed by atoms with Gasteiger partial charge in [-0.3, -0.25) is 4.79 Å². The minimum absolute atomic E-state index is 0.165. The SMILES string of the molecule is O=C(Nc1cccc(Cl)c1)c1nnc2ccccc2c1Nc1cccc(Cl)c1. The Labute approximate surface area is 171 Å². The molecule has 0 radical (unpaired) electrons. The van der Waals surface area contributed by atoms with Crippen molar-refractivity contribution in [3.63, 3.8) is 0 Å². The number of nitrogens with one attached hydrogen (secondary N) is 2. The van der Waals surface area contributed by atoms with Crippen molar-refractivity contribution in [2.75, 3.05) is 10.6 Å². The van der Waals surface area contributed by atoms with Crippen LogP contribution in [0.15, 0.2) is 72.8 Å². The largest absolute Gasteiger partial charge is 0.353 e. The third-order valence-corrected chi connectivity index (χ3v) is 4.53. The molecule has 1 aromatic heterocycles. The zero-order valence-corrected chi connectivity index (χ0v) is 16.0. The normalized spacial score (nSPS) is 10.6. The van der Waals surface area contributed by atoms with Crippen LogP contribution in [0.25, 0.3) is 10.9 Å². The molecule has 5 nitrogen and oxygen atoms in total. The molecule has 0 saturated carbocycles. The number of rotatable bonds is 4. The molecule has 4 rings (SSSR count). The lowest BCUT2D eigenvalue weighted by Gasteiger charge is -2.14. The number of hydrogen-bond acceptors (Lipinski definition) is 4. The highest BCUT2D eigenvalue weighted by Crippen LogP contribution is 2.29. The molecular formula is C21H14Cl2N4O. The van der Waals surface area contributed by atoms with Crippen molar-refractivity contribution in [1.82, 2.24) is 10.2 Å². The Balaban J connectivity index is 1.77. The highest BCUT2D eigenvalue weighted by atomic mass is 35.5. The van der Waals surface area contributed by atoms with Crippen molar-refractivity contribution in [2.24, 2.45) is 0 Å². The summed E-state index contributed by atoms with van der Waals surface area (Å²) in [6.07, 6.45) is 0. The summed E-state index contributed by atoms with van der Waals surface area (Å²) in [6, 6.07) is 21.6. The monoisotopic (exact) mass is 408 g/mol. The van der Waals surface area contributed by atoms with E-state index in [1.54, 1.807) is 36.4 Å². The average molecular weight is 409 g/mol. The molecule has 4 aromatic rings. The van der Waals surface area contributed by atoms with Gasteiger partial charge in [-0.25, -0.2) is 0 Å². The smallest absolute Gasteiger partial charge is 0.278 e. The average Bonchev–Trinajstić information content (AvgIpc) is 2.68.